The van der Waals surface area contributed by atoms with Crippen LogP contribution in [0.3, 0.4) is 0 Å². The van der Waals surface area contributed by atoms with E-state index >= 15 is 0 Å². The van der Waals surface area contributed by atoms with E-state index in [1.165, 1.54) is 18.4 Å². The van der Waals surface area contributed by atoms with Gasteiger partial charge in [-0.1, -0.05) is 35.0 Å². The first-order valence-electron chi connectivity index (χ1n) is 8.42. The molecule has 0 unspecified atom stereocenters. The van der Waals surface area contributed by atoms with Crippen LogP contribution in [0.2, 0.25) is 0 Å². The Kier molecular flexibility index (Phi) is 4.05. The normalized spacial score (nSPS) is 13.8. The molecule has 7 nitrogen and oxygen atoms in total. The van der Waals surface area contributed by atoms with Crippen LogP contribution in [0.5, 0.6) is 0 Å². The van der Waals surface area contributed by atoms with Crippen molar-refractivity contribution in [3.8, 4) is 11.4 Å². The molecular formula is C18H19N5O2. The maximum atomic E-state index is 12.1. The van der Waals surface area contributed by atoms with Gasteiger partial charge in [-0.3, -0.25) is 9.89 Å². The van der Waals surface area contributed by atoms with E-state index in [9.17, 15) is 4.79 Å². The number of rotatable bonds is 6. The summed E-state index contributed by atoms with van der Waals surface area (Å²) >= 11 is 0. The van der Waals surface area contributed by atoms with Crippen LogP contribution in [-0.4, -0.2) is 32.8 Å². The number of aromatic nitrogens is 4. The molecular weight excluding hydrogens is 318 g/mol. The van der Waals surface area contributed by atoms with Crippen LogP contribution in [0.25, 0.3) is 11.4 Å². The second-order valence-electron chi connectivity index (χ2n) is 6.37. The molecule has 7 heteroatoms. The minimum absolute atomic E-state index is 0.193. The number of benzene rings is 1. The van der Waals surface area contributed by atoms with E-state index in [-0.39, 0.29) is 5.91 Å². The first kappa shape index (κ1) is 15.6. The fraction of sp³-hybridized carbons (Fsp3) is 0.333. The minimum atomic E-state index is -0.193. The Morgan fingerprint density at radius 2 is 2.12 bits per heavy atom. The monoisotopic (exact) mass is 337 g/mol. The van der Waals surface area contributed by atoms with E-state index in [2.05, 4.69) is 25.7 Å². The predicted octanol–water partition coefficient (Wildman–Crippen LogP) is 2.62. The Hall–Kier alpha value is -2.96. The summed E-state index contributed by atoms with van der Waals surface area (Å²) in [6, 6.07) is 9.76. The van der Waals surface area contributed by atoms with Crippen molar-refractivity contribution in [1.29, 1.82) is 0 Å². The lowest BCUT2D eigenvalue weighted by Crippen LogP contribution is -2.26. The first-order chi connectivity index (χ1) is 12.2. The molecule has 2 aromatic heterocycles. The number of nitrogens with zero attached hydrogens (tertiary/aromatic N) is 3. The molecule has 1 fully saturated rings. The fourth-order valence-electron chi connectivity index (χ4n) is 2.61. The molecule has 2 N–H and O–H groups in total. The van der Waals surface area contributed by atoms with Crippen molar-refractivity contribution in [2.45, 2.75) is 32.1 Å². The van der Waals surface area contributed by atoms with Gasteiger partial charge in [0.05, 0.1) is 0 Å². The van der Waals surface area contributed by atoms with Gasteiger partial charge in [0.15, 0.2) is 0 Å². The molecule has 128 valence electrons. The summed E-state index contributed by atoms with van der Waals surface area (Å²) in [5.41, 5.74) is 3.56. The SMILES string of the molecule is Cc1ccc(-c2noc(CCNC(=O)c3cc(C4CC4)[nH]n3)n2)cc1. The number of nitrogens with one attached hydrogen (secondary N) is 2. The third-order valence-electron chi connectivity index (χ3n) is 4.25. The van der Waals surface area contributed by atoms with Crippen molar-refractivity contribution >= 4 is 5.91 Å². The third-order valence-corrected chi connectivity index (χ3v) is 4.25. The quantitative estimate of drug-likeness (QED) is 0.721. The van der Waals surface area contributed by atoms with E-state index in [0.29, 0.717) is 36.3 Å². The zero-order valence-electron chi connectivity index (χ0n) is 14.0. The molecule has 2 heterocycles. The molecule has 0 spiro atoms. The number of hydrogen-bond donors (Lipinski definition) is 2. The lowest BCUT2D eigenvalue weighted by Gasteiger charge is -1.99. The van der Waals surface area contributed by atoms with Crippen LogP contribution in [0.4, 0.5) is 0 Å². The van der Waals surface area contributed by atoms with Gasteiger partial charge in [-0.25, -0.2) is 0 Å². The molecule has 4 rings (SSSR count). The standard InChI is InChI=1S/C18H19N5O2/c1-11-2-4-13(5-3-11)17-20-16(25-23-17)8-9-19-18(24)15-10-14(21-22-15)12-6-7-12/h2-5,10,12H,6-9H2,1H3,(H,19,24)(H,21,22). The summed E-state index contributed by atoms with van der Waals surface area (Å²) in [4.78, 5) is 16.5. The van der Waals surface area contributed by atoms with Crippen molar-refractivity contribution in [2.24, 2.45) is 0 Å². The van der Waals surface area contributed by atoms with E-state index in [0.717, 1.165) is 11.3 Å². The second kappa shape index (κ2) is 6.51. The van der Waals surface area contributed by atoms with Crippen LogP contribution >= 0.6 is 0 Å². The molecule has 1 aliphatic carbocycles. The maximum absolute atomic E-state index is 12.1. The topological polar surface area (TPSA) is 96.7 Å². The molecule has 1 aliphatic rings. The van der Waals surface area contributed by atoms with Gasteiger partial charge < -0.3 is 9.84 Å². The van der Waals surface area contributed by atoms with Gasteiger partial charge >= 0.3 is 0 Å². The molecule has 25 heavy (non-hydrogen) atoms. The average Bonchev–Trinajstić information content (AvgIpc) is 3.16. The van der Waals surface area contributed by atoms with E-state index in [1.54, 1.807) is 0 Å². The van der Waals surface area contributed by atoms with Crippen LogP contribution in [0, 0.1) is 6.92 Å². The number of aromatic amines is 1. The molecule has 0 saturated heterocycles. The van der Waals surface area contributed by atoms with Crippen LogP contribution in [0.1, 0.15) is 46.4 Å². The Bertz CT molecular complexity index is 877. The fourth-order valence-corrected chi connectivity index (χ4v) is 2.61. The van der Waals surface area contributed by atoms with Crippen LogP contribution < -0.4 is 5.32 Å². The predicted molar refractivity (Wildman–Crippen MR) is 91.1 cm³/mol. The minimum Gasteiger partial charge on any atom is -0.350 e. The summed E-state index contributed by atoms with van der Waals surface area (Å²) < 4.78 is 5.25. The van der Waals surface area contributed by atoms with Gasteiger partial charge in [0.2, 0.25) is 11.7 Å². The molecule has 0 radical (unpaired) electrons. The highest BCUT2D eigenvalue weighted by atomic mass is 16.5. The summed E-state index contributed by atoms with van der Waals surface area (Å²) in [6.07, 6.45) is 2.82. The Morgan fingerprint density at radius 1 is 1.32 bits per heavy atom. The summed E-state index contributed by atoms with van der Waals surface area (Å²) in [5, 5.41) is 13.8. The Morgan fingerprint density at radius 3 is 2.88 bits per heavy atom. The summed E-state index contributed by atoms with van der Waals surface area (Å²) in [6.45, 7) is 2.45. The van der Waals surface area contributed by atoms with Gasteiger partial charge in [0.1, 0.15) is 5.69 Å². The van der Waals surface area contributed by atoms with Gasteiger partial charge in [-0.15, -0.1) is 0 Å². The van der Waals surface area contributed by atoms with Crippen molar-refractivity contribution < 1.29 is 9.32 Å². The number of carbonyl (C=O) groups is 1. The zero-order valence-corrected chi connectivity index (χ0v) is 14.0. The highest BCUT2D eigenvalue weighted by molar-refractivity contribution is 5.92. The van der Waals surface area contributed by atoms with Crippen molar-refractivity contribution in [2.75, 3.05) is 6.54 Å². The Labute approximate surface area is 144 Å². The van der Waals surface area contributed by atoms with Gasteiger partial charge in [-0.2, -0.15) is 10.1 Å². The average molecular weight is 337 g/mol. The largest absolute Gasteiger partial charge is 0.350 e. The van der Waals surface area contributed by atoms with Gasteiger partial charge in [0.25, 0.3) is 5.91 Å². The zero-order chi connectivity index (χ0) is 17.2. The number of aryl methyl sites for hydroxylation is 1. The summed E-state index contributed by atoms with van der Waals surface area (Å²) in [5.74, 6) is 1.41. The molecule has 1 amide bonds. The number of H-pyrrole nitrogens is 1. The molecule has 0 atom stereocenters. The first-order valence-corrected chi connectivity index (χ1v) is 8.42. The van der Waals surface area contributed by atoms with E-state index in [1.807, 2.05) is 37.3 Å². The van der Waals surface area contributed by atoms with Crippen molar-refractivity contribution in [3.63, 3.8) is 0 Å². The molecule has 0 bridgehead atoms. The number of amides is 1. The molecule has 3 aromatic rings. The second-order valence-corrected chi connectivity index (χ2v) is 6.37. The highest BCUT2D eigenvalue weighted by Crippen LogP contribution is 2.38. The molecule has 0 aliphatic heterocycles. The maximum Gasteiger partial charge on any atom is 0.271 e. The number of hydrogen-bond acceptors (Lipinski definition) is 5. The lowest BCUT2D eigenvalue weighted by atomic mass is 10.1. The smallest absolute Gasteiger partial charge is 0.271 e. The third kappa shape index (κ3) is 3.60. The lowest BCUT2D eigenvalue weighted by molar-refractivity contribution is 0.0948. The Balaban J connectivity index is 1.30. The highest BCUT2D eigenvalue weighted by Gasteiger charge is 2.26. The molecule has 1 saturated carbocycles. The van der Waals surface area contributed by atoms with Gasteiger partial charge in [-0.05, 0) is 25.8 Å². The summed E-state index contributed by atoms with van der Waals surface area (Å²) in [7, 11) is 0. The molecule has 1 aromatic carbocycles. The van der Waals surface area contributed by atoms with Crippen molar-refractivity contribution in [3.05, 3.63) is 53.2 Å². The van der Waals surface area contributed by atoms with E-state index in [4.69, 9.17) is 4.52 Å². The van der Waals surface area contributed by atoms with Crippen LogP contribution in [0.15, 0.2) is 34.9 Å². The van der Waals surface area contributed by atoms with Gasteiger partial charge in [0, 0.05) is 30.1 Å². The number of carbonyl (C=O) groups excluding carboxylic acids is 1. The van der Waals surface area contributed by atoms with E-state index < -0.39 is 0 Å². The van der Waals surface area contributed by atoms with Crippen LogP contribution in [-0.2, 0) is 6.42 Å². The van der Waals surface area contributed by atoms with Crippen molar-refractivity contribution in [1.82, 2.24) is 25.7 Å².